The van der Waals surface area contributed by atoms with E-state index in [4.69, 9.17) is 18.5 Å². The average molecular weight is 703 g/mol. The van der Waals surface area contributed by atoms with Crippen molar-refractivity contribution in [2.45, 2.75) is 207 Å². The van der Waals surface area contributed by atoms with Crippen LogP contribution in [-0.2, 0) is 32.7 Å². The topological polar surface area (TPSA) is 108 Å². The van der Waals surface area contributed by atoms with Crippen LogP contribution in [0.5, 0.6) is 0 Å². The van der Waals surface area contributed by atoms with Gasteiger partial charge in [-0.15, -0.1) is 0 Å². The van der Waals surface area contributed by atoms with Crippen LogP contribution in [-0.4, -0.2) is 42.8 Å². The number of ether oxygens (including phenoxy) is 2. The van der Waals surface area contributed by atoms with Gasteiger partial charge in [-0.2, -0.15) is 0 Å². The minimum Gasteiger partial charge on any atom is -0.462 e. The maximum Gasteiger partial charge on any atom is 0.472 e. The summed E-state index contributed by atoms with van der Waals surface area (Å²) in [7, 11) is -4.27. The number of carbonyl (C=O) groups is 2. The number of esters is 2. The summed E-state index contributed by atoms with van der Waals surface area (Å²) in [6, 6.07) is 0. The third-order valence-corrected chi connectivity index (χ3v) is 9.63. The quantitative estimate of drug-likeness (QED) is 0.0295. The van der Waals surface area contributed by atoms with Gasteiger partial charge in [0, 0.05) is 12.8 Å². The Bertz CT molecular complexity index is 803. The van der Waals surface area contributed by atoms with Crippen molar-refractivity contribution in [1.82, 2.24) is 0 Å². The Morgan fingerprint density at radius 1 is 0.542 bits per heavy atom. The lowest BCUT2D eigenvalue weighted by Gasteiger charge is -2.19. The van der Waals surface area contributed by atoms with Crippen molar-refractivity contribution in [3.8, 4) is 0 Å². The highest BCUT2D eigenvalue weighted by Crippen LogP contribution is 2.43. The first-order valence-corrected chi connectivity index (χ1v) is 21.5. The number of hydrogen-bond acceptors (Lipinski definition) is 7. The number of allylic oxidation sites excluding steroid dienone is 2. The van der Waals surface area contributed by atoms with Gasteiger partial charge in [0.05, 0.1) is 13.2 Å². The number of rotatable bonds is 37. The largest absolute Gasteiger partial charge is 0.472 e. The van der Waals surface area contributed by atoms with Crippen LogP contribution in [0.1, 0.15) is 201 Å². The van der Waals surface area contributed by atoms with Gasteiger partial charge in [0.1, 0.15) is 6.61 Å². The lowest BCUT2D eigenvalue weighted by Crippen LogP contribution is -2.29. The molecule has 0 saturated heterocycles. The first-order chi connectivity index (χ1) is 23.3. The Labute approximate surface area is 295 Å². The van der Waals surface area contributed by atoms with Crippen LogP contribution < -0.4 is 0 Å². The zero-order valence-electron chi connectivity index (χ0n) is 31.4. The van der Waals surface area contributed by atoms with Gasteiger partial charge in [-0.05, 0) is 45.4 Å². The fourth-order valence-corrected chi connectivity index (χ4v) is 6.38. The highest BCUT2D eigenvalue weighted by atomic mass is 31.2. The van der Waals surface area contributed by atoms with Crippen LogP contribution in [0.3, 0.4) is 0 Å². The summed E-state index contributed by atoms with van der Waals surface area (Å²) in [6.07, 6.45) is 35.4. The minimum atomic E-state index is -4.27. The minimum absolute atomic E-state index is 0.00181. The maximum atomic E-state index is 12.5. The van der Waals surface area contributed by atoms with Gasteiger partial charge >= 0.3 is 19.8 Å². The van der Waals surface area contributed by atoms with Crippen molar-refractivity contribution in [1.29, 1.82) is 0 Å². The average Bonchev–Trinajstić information content (AvgIpc) is 3.06. The number of phosphoric acid groups is 1. The molecule has 0 aromatic carbocycles. The van der Waals surface area contributed by atoms with E-state index in [2.05, 4.69) is 26.0 Å². The third kappa shape index (κ3) is 34.6. The van der Waals surface area contributed by atoms with E-state index in [1.165, 1.54) is 109 Å². The molecule has 2 atom stereocenters. The second-order valence-electron chi connectivity index (χ2n) is 13.3. The monoisotopic (exact) mass is 703 g/mol. The molecule has 0 aromatic rings. The fraction of sp³-hybridized carbons (Fsp3) is 0.897. The molecular formula is C39H75O8P. The second kappa shape index (κ2) is 35.6. The molecule has 0 fully saturated rings. The van der Waals surface area contributed by atoms with E-state index in [1.807, 2.05) is 0 Å². The van der Waals surface area contributed by atoms with Gasteiger partial charge in [0.15, 0.2) is 6.10 Å². The molecule has 284 valence electrons. The van der Waals surface area contributed by atoms with Crippen molar-refractivity contribution in [2.24, 2.45) is 0 Å². The zero-order valence-corrected chi connectivity index (χ0v) is 32.3. The van der Waals surface area contributed by atoms with E-state index in [9.17, 15) is 19.0 Å². The molecular weight excluding hydrogens is 627 g/mol. The summed E-state index contributed by atoms with van der Waals surface area (Å²) in [5, 5.41) is 0. The van der Waals surface area contributed by atoms with Gasteiger partial charge in [-0.1, -0.05) is 154 Å². The van der Waals surface area contributed by atoms with Gasteiger partial charge in [-0.25, -0.2) is 4.57 Å². The zero-order chi connectivity index (χ0) is 35.4. The molecule has 0 saturated carbocycles. The van der Waals surface area contributed by atoms with Crippen LogP contribution in [0.2, 0.25) is 0 Å². The first kappa shape index (κ1) is 46.8. The molecule has 0 aliphatic rings. The summed E-state index contributed by atoms with van der Waals surface area (Å²) < 4.78 is 32.5. The smallest absolute Gasteiger partial charge is 0.462 e. The lowest BCUT2D eigenvalue weighted by molar-refractivity contribution is -0.161. The third-order valence-electron chi connectivity index (χ3n) is 8.57. The molecule has 1 unspecified atom stereocenters. The normalized spacial score (nSPS) is 13.5. The fourth-order valence-electron chi connectivity index (χ4n) is 5.62. The summed E-state index contributed by atoms with van der Waals surface area (Å²) in [5.74, 6) is -0.800. The lowest BCUT2D eigenvalue weighted by atomic mass is 10.0. The van der Waals surface area contributed by atoms with Gasteiger partial charge in [0.25, 0.3) is 0 Å². The molecule has 0 aliphatic heterocycles. The molecule has 0 bridgehead atoms. The van der Waals surface area contributed by atoms with Crippen LogP contribution in [0.4, 0.5) is 0 Å². The standard InChI is InChI=1S/C39H75O8P/c1-4-7-9-11-13-15-17-19-20-22-24-26-28-30-32-34-39(41)47-37(36-46-48(42,43)45-6-3)35-44-38(40)33-31-29-27-25-23-21-18-16-14-12-10-8-5-2/h19-20,37H,4-18,21-36H2,1-3H3,(H,42,43)/t37-/m1/s1. The van der Waals surface area contributed by atoms with Crippen molar-refractivity contribution in [3.63, 3.8) is 0 Å². The van der Waals surface area contributed by atoms with E-state index in [1.54, 1.807) is 6.92 Å². The molecule has 0 aromatic heterocycles. The Morgan fingerprint density at radius 3 is 1.38 bits per heavy atom. The number of phosphoric ester groups is 1. The first-order valence-electron chi connectivity index (χ1n) is 20.0. The molecule has 0 heterocycles. The van der Waals surface area contributed by atoms with Crippen LogP contribution in [0.15, 0.2) is 12.2 Å². The number of hydrogen-bond donors (Lipinski definition) is 1. The number of unbranched alkanes of at least 4 members (excludes halogenated alkanes) is 23. The van der Waals surface area contributed by atoms with E-state index in [0.29, 0.717) is 12.8 Å². The molecule has 48 heavy (non-hydrogen) atoms. The van der Waals surface area contributed by atoms with Crippen molar-refractivity contribution < 1.29 is 37.6 Å². The van der Waals surface area contributed by atoms with Crippen LogP contribution in [0.25, 0.3) is 0 Å². The number of carbonyl (C=O) groups excluding carboxylic acids is 2. The molecule has 0 rings (SSSR count). The highest BCUT2D eigenvalue weighted by Gasteiger charge is 2.25. The van der Waals surface area contributed by atoms with E-state index >= 15 is 0 Å². The van der Waals surface area contributed by atoms with Gasteiger partial charge in [0.2, 0.25) is 0 Å². The van der Waals surface area contributed by atoms with Crippen LogP contribution >= 0.6 is 7.82 Å². The SMILES string of the molecule is CCCCCCCCC=CCCCCCCCC(=O)O[C@H](COC(=O)CCCCCCCCCCCCCCC)COP(=O)(O)OCC. The maximum absolute atomic E-state index is 12.5. The molecule has 0 amide bonds. The van der Waals surface area contributed by atoms with Crippen molar-refractivity contribution in [3.05, 3.63) is 12.2 Å². The molecule has 0 spiro atoms. The summed E-state index contributed by atoms with van der Waals surface area (Å²) >= 11 is 0. The summed E-state index contributed by atoms with van der Waals surface area (Å²) in [5.41, 5.74) is 0. The Balaban J connectivity index is 4.12. The van der Waals surface area contributed by atoms with Gasteiger partial charge in [-0.3, -0.25) is 18.6 Å². The second-order valence-corrected chi connectivity index (χ2v) is 14.8. The Hall–Kier alpha value is -1.21. The van der Waals surface area contributed by atoms with E-state index in [0.717, 1.165) is 51.4 Å². The summed E-state index contributed by atoms with van der Waals surface area (Å²) in [4.78, 5) is 34.6. The molecule has 1 N–H and O–H groups in total. The Morgan fingerprint density at radius 2 is 0.938 bits per heavy atom. The van der Waals surface area contributed by atoms with E-state index < -0.39 is 26.5 Å². The Kier molecular flexibility index (Phi) is 34.7. The molecule has 8 nitrogen and oxygen atoms in total. The molecule has 0 radical (unpaired) electrons. The van der Waals surface area contributed by atoms with Crippen LogP contribution in [0, 0.1) is 0 Å². The molecule has 0 aliphatic carbocycles. The van der Waals surface area contributed by atoms with Crippen molar-refractivity contribution >= 4 is 19.8 Å². The predicted molar refractivity (Wildman–Crippen MR) is 198 cm³/mol. The summed E-state index contributed by atoms with van der Waals surface area (Å²) in [6.45, 7) is 5.47. The van der Waals surface area contributed by atoms with Gasteiger partial charge < -0.3 is 14.4 Å². The molecule has 9 heteroatoms. The predicted octanol–water partition coefficient (Wildman–Crippen LogP) is 12.1. The van der Waals surface area contributed by atoms with Crippen molar-refractivity contribution in [2.75, 3.05) is 19.8 Å². The van der Waals surface area contributed by atoms with E-state index in [-0.39, 0.29) is 25.6 Å². The highest BCUT2D eigenvalue weighted by molar-refractivity contribution is 7.47.